The quantitative estimate of drug-likeness (QED) is 0.839. The van der Waals surface area contributed by atoms with Crippen molar-refractivity contribution in [1.82, 2.24) is 4.98 Å². The zero-order valence-electron chi connectivity index (χ0n) is 9.36. The summed E-state index contributed by atoms with van der Waals surface area (Å²) in [5.41, 5.74) is 4.15. The number of carbonyl (C=O) groups excluding carboxylic acids is 1. The highest BCUT2D eigenvalue weighted by molar-refractivity contribution is 5.89. The Labute approximate surface area is 100 Å². The summed E-state index contributed by atoms with van der Waals surface area (Å²) < 4.78 is 42.5. The number of hydrogen-bond acceptors (Lipinski definition) is 4. The van der Waals surface area contributed by atoms with Gasteiger partial charge in [0.25, 0.3) is 0 Å². The van der Waals surface area contributed by atoms with Crippen LogP contribution in [0.15, 0.2) is 12.1 Å². The Bertz CT molecular complexity index is 490. The number of cyclic esters (lactones) is 1. The maximum atomic E-state index is 12.6. The lowest BCUT2D eigenvalue weighted by molar-refractivity contribution is -0.141. The van der Waals surface area contributed by atoms with E-state index < -0.39 is 18.0 Å². The molecule has 0 aliphatic carbocycles. The zero-order chi connectivity index (χ0) is 13.5. The molecule has 1 aliphatic rings. The van der Waals surface area contributed by atoms with Crippen molar-refractivity contribution in [1.29, 1.82) is 0 Å². The normalized spacial score (nSPS) is 20.1. The number of amides is 1. The SMILES string of the molecule is CC1COC(=O)N1c1cc(N)cc(C(F)(F)F)n1. The average molecular weight is 261 g/mol. The van der Waals surface area contributed by atoms with Crippen LogP contribution in [0.1, 0.15) is 12.6 Å². The van der Waals surface area contributed by atoms with Gasteiger partial charge in [0.1, 0.15) is 18.1 Å². The average Bonchev–Trinajstić information content (AvgIpc) is 2.56. The summed E-state index contributed by atoms with van der Waals surface area (Å²) in [4.78, 5) is 15.9. The minimum Gasteiger partial charge on any atom is -0.447 e. The Morgan fingerprint density at radius 3 is 2.67 bits per heavy atom. The minimum atomic E-state index is -4.61. The standard InChI is InChI=1S/C10H10F3N3O2/c1-5-4-18-9(17)16(5)8-3-6(14)2-7(15-8)10(11,12)13/h2-3,5H,4H2,1H3,(H2,14,15). The number of anilines is 2. The smallest absolute Gasteiger partial charge is 0.433 e. The van der Waals surface area contributed by atoms with Gasteiger partial charge in [0, 0.05) is 11.8 Å². The second-order valence-electron chi connectivity index (χ2n) is 3.94. The van der Waals surface area contributed by atoms with E-state index in [2.05, 4.69) is 4.98 Å². The van der Waals surface area contributed by atoms with Gasteiger partial charge in [-0.25, -0.2) is 9.78 Å². The van der Waals surface area contributed by atoms with Crippen LogP contribution in [0, 0.1) is 0 Å². The Balaban J connectivity index is 2.45. The predicted octanol–water partition coefficient (Wildman–Crippen LogP) is 2.03. The van der Waals surface area contributed by atoms with Crippen LogP contribution in [0.5, 0.6) is 0 Å². The molecule has 1 fully saturated rings. The molecule has 1 amide bonds. The Morgan fingerprint density at radius 1 is 1.50 bits per heavy atom. The molecule has 1 aliphatic heterocycles. The highest BCUT2D eigenvalue weighted by atomic mass is 19.4. The molecule has 0 aromatic carbocycles. The van der Waals surface area contributed by atoms with E-state index in [0.717, 1.165) is 11.0 Å². The molecule has 1 aromatic heterocycles. The number of aromatic nitrogens is 1. The van der Waals surface area contributed by atoms with Gasteiger partial charge < -0.3 is 10.5 Å². The van der Waals surface area contributed by atoms with Crippen molar-refractivity contribution in [3.63, 3.8) is 0 Å². The molecule has 0 spiro atoms. The van der Waals surface area contributed by atoms with Crippen molar-refractivity contribution in [2.45, 2.75) is 19.1 Å². The third kappa shape index (κ3) is 2.18. The van der Waals surface area contributed by atoms with Crippen LogP contribution in [0.4, 0.5) is 29.5 Å². The number of alkyl halides is 3. The number of ether oxygens (including phenoxy) is 1. The largest absolute Gasteiger partial charge is 0.447 e. The lowest BCUT2D eigenvalue weighted by atomic mass is 10.2. The minimum absolute atomic E-state index is 0.108. The molecule has 8 heteroatoms. The van der Waals surface area contributed by atoms with Crippen molar-refractivity contribution in [2.75, 3.05) is 17.2 Å². The van der Waals surface area contributed by atoms with Crippen molar-refractivity contribution < 1.29 is 22.7 Å². The second-order valence-corrected chi connectivity index (χ2v) is 3.94. The van der Waals surface area contributed by atoms with Gasteiger partial charge in [-0.05, 0) is 13.0 Å². The summed E-state index contributed by atoms with van der Waals surface area (Å²) in [6.45, 7) is 1.75. The van der Waals surface area contributed by atoms with Crippen molar-refractivity contribution >= 4 is 17.6 Å². The molecule has 1 unspecified atom stereocenters. The van der Waals surface area contributed by atoms with Gasteiger partial charge in [-0.15, -0.1) is 0 Å². The van der Waals surface area contributed by atoms with Gasteiger partial charge in [0.05, 0.1) is 6.04 Å². The molecule has 1 aromatic rings. The number of pyridine rings is 1. The Hall–Kier alpha value is -1.99. The third-order valence-electron chi connectivity index (χ3n) is 2.46. The van der Waals surface area contributed by atoms with Crippen LogP contribution in [0.3, 0.4) is 0 Å². The fourth-order valence-corrected chi connectivity index (χ4v) is 1.64. The van der Waals surface area contributed by atoms with Crippen molar-refractivity contribution in [3.8, 4) is 0 Å². The lowest BCUT2D eigenvalue weighted by Crippen LogP contribution is -2.32. The molecule has 1 saturated heterocycles. The predicted molar refractivity (Wildman–Crippen MR) is 56.9 cm³/mol. The second kappa shape index (κ2) is 4.04. The molecule has 18 heavy (non-hydrogen) atoms. The summed E-state index contributed by atoms with van der Waals surface area (Å²) >= 11 is 0. The zero-order valence-corrected chi connectivity index (χ0v) is 9.36. The summed E-state index contributed by atoms with van der Waals surface area (Å²) in [6, 6.07) is 1.54. The topological polar surface area (TPSA) is 68.5 Å². The first-order valence-electron chi connectivity index (χ1n) is 5.10. The molecule has 0 saturated carbocycles. The molecule has 2 N–H and O–H groups in total. The van der Waals surface area contributed by atoms with Crippen LogP contribution in [-0.4, -0.2) is 23.7 Å². The molecule has 1 atom stereocenters. The number of nitrogens with two attached hydrogens (primary N) is 1. The van der Waals surface area contributed by atoms with Gasteiger partial charge in [0.15, 0.2) is 0 Å². The van der Waals surface area contributed by atoms with Gasteiger partial charge in [-0.1, -0.05) is 0 Å². The summed E-state index contributed by atoms with van der Waals surface area (Å²) in [5, 5.41) is 0. The van der Waals surface area contributed by atoms with E-state index in [1.54, 1.807) is 6.92 Å². The first-order valence-corrected chi connectivity index (χ1v) is 5.10. The van der Waals surface area contributed by atoms with Crippen molar-refractivity contribution in [3.05, 3.63) is 17.8 Å². The Kier molecular flexibility index (Phi) is 2.80. The Morgan fingerprint density at radius 2 is 2.17 bits per heavy atom. The maximum Gasteiger partial charge on any atom is 0.433 e. The molecule has 98 valence electrons. The molecule has 2 rings (SSSR count). The summed E-state index contributed by atoms with van der Waals surface area (Å²) in [5.74, 6) is -0.155. The number of rotatable bonds is 1. The first kappa shape index (κ1) is 12.5. The molecular weight excluding hydrogens is 251 g/mol. The number of carbonyl (C=O) groups is 1. The number of nitrogen functional groups attached to an aromatic ring is 1. The van der Waals surface area contributed by atoms with E-state index in [9.17, 15) is 18.0 Å². The number of halogens is 3. The van der Waals surface area contributed by atoms with E-state index in [-0.39, 0.29) is 24.2 Å². The van der Waals surface area contributed by atoms with E-state index >= 15 is 0 Å². The highest BCUT2D eigenvalue weighted by Gasteiger charge is 2.36. The monoisotopic (exact) mass is 261 g/mol. The fourth-order valence-electron chi connectivity index (χ4n) is 1.64. The fraction of sp³-hybridized carbons (Fsp3) is 0.400. The van der Waals surface area contributed by atoms with Gasteiger partial charge in [-0.3, -0.25) is 4.90 Å². The first-order chi connectivity index (χ1) is 8.29. The van der Waals surface area contributed by atoms with Gasteiger partial charge in [-0.2, -0.15) is 13.2 Å². The number of hydrogen-bond donors (Lipinski definition) is 1. The molecule has 5 nitrogen and oxygen atoms in total. The summed E-state index contributed by atoms with van der Waals surface area (Å²) in [6.07, 6.45) is -5.34. The summed E-state index contributed by atoms with van der Waals surface area (Å²) in [7, 11) is 0. The number of nitrogens with zero attached hydrogens (tertiary/aromatic N) is 2. The van der Waals surface area contributed by atoms with Crippen LogP contribution in [0.2, 0.25) is 0 Å². The third-order valence-corrected chi connectivity index (χ3v) is 2.46. The molecule has 2 heterocycles. The molecule has 0 radical (unpaired) electrons. The van der Waals surface area contributed by atoms with Crippen molar-refractivity contribution in [2.24, 2.45) is 0 Å². The molecular formula is C10H10F3N3O2. The van der Waals surface area contributed by atoms with E-state index in [1.807, 2.05) is 0 Å². The highest BCUT2D eigenvalue weighted by Crippen LogP contribution is 2.32. The molecule has 0 bridgehead atoms. The maximum absolute atomic E-state index is 12.6. The van der Waals surface area contributed by atoms with Crippen LogP contribution in [-0.2, 0) is 10.9 Å². The van der Waals surface area contributed by atoms with Crippen LogP contribution >= 0.6 is 0 Å². The van der Waals surface area contributed by atoms with Crippen LogP contribution < -0.4 is 10.6 Å². The van der Waals surface area contributed by atoms with Crippen LogP contribution in [0.25, 0.3) is 0 Å². The lowest BCUT2D eigenvalue weighted by Gasteiger charge is -2.18. The van der Waals surface area contributed by atoms with E-state index in [0.29, 0.717) is 0 Å². The van der Waals surface area contributed by atoms with E-state index in [1.165, 1.54) is 6.07 Å². The van der Waals surface area contributed by atoms with Gasteiger partial charge >= 0.3 is 12.3 Å². The van der Waals surface area contributed by atoms with E-state index in [4.69, 9.17) is 10.5 Å². The van der Waals surface area contributed by atoms with Gasteiger partial charge in [0.2, 0.25) is 0 Å².